The van der Waals surface area contributed by atoms with E-state index in [0.29, 0.717) is 0 Å². The van der Waals surface area contributed by atoms with Gasteiger partial charge in [-0.3, -0.25) is 4.99 Å². The van der Waals surface area contributed by atoms with E-state index in [-0.39, 0.29) is 0 Å². The maximum Gasteiger partial charge on any atom is 0.131 e. The molecule has 1 saturated heterocycles. The Morgan fingerprint density at radius 3 is 2.35 bits per heavy atom. The van der Waals surface area contributed by atoms with Gasteiger partial charge in [-0.2, -0.15) is 0 Å². The molecular formula is C25H26N2O4. The third-order valence-corrected chi connectivity index (χ3v) is 5.06. The SMILES string of the molecule is COc1cccc(Oc2ccc(N=Cc3ccc(N4CCOCC4)cc3OC)cc2)c1. The maximum absolute atomic E-state index is 5.88. The number of aliphatic imine (C=N–C) groups is 1. The third-order valence-electron chi connectivity index (χ3n) is 5.06. The van der Waals surface area contributed by atoms with Crippen LogP contribution in [-0.4, -0.2) is 46.7 Å². The van der Waals surface area contributed by atoms with Gasteiger partial charge in [0, 0.05) is 42.7 Å². The van der Waals surface area contributed by atoms with Crippen LogP contribution >= 0.6 is 0 Å². The number of hydrogen-bond donors (Lipinski definition) is 0. The van der Waals surface area contributed by atoms with E-state index in [1.807, 2.05) is 60.8 Å². The molecule has 1 heterocycles. The summed E-state index contributed by atoms with van der Waals surface area (Å²) in [6.45, 7) is 3.29. The van der Waals surface area contributed by atoms with E-state index >= 15 is 0 Å². The molecule has 0 N–H and O–H groups in total. The number of anilines is 1. The summed E-state index contributed by atoms with van der Waals surface area (Å²) in [7, 11) is 3.32. The molecule has 0 amide bonds. The topological polar surface area (TPSA) is 52.5 Å². The summed E-state index contributed by atoms with van der Waals surface area (Å²) in [5, 5.41) is 0. The number of ether oxygens (including phenoxy) is 4. The van der Waals surface area contributed by atoms with Gasteiger partial charge in [-0.05, 0) is 48.5 Å². The highest BCUT2D eigenvalue weighted by Crippen LogP contribution is 2.28. The number of rotatable bonds is 7. The van der Waals surface area contributed by atoms with Gasteiger partial charge in [0.05, 0.1) is 33.1 Å². The van der Waals surface area contributed by atoms with Gasteiger partial charge >= 0.3 is 0 Å². The molecule has 0 saturated carbocycles. The second-order valence-corrected chi connectivity index (χ2v) is 7.06. The van der Waals surface area contributed by atoms with Gasteiger partial charge < -0.3 is 23.8 Å². The maximum atomic E-state index is 5.88. The van der Waals surface area contributed by atoms with Gasteiger partial charge in [0.15, 0.2) is 0 Å². The molecule has 0 spiro atoms. The van der Waals surface area contributed by atoms with E-state index in [4.69, 9.17) is 18.9 Å². The highest BCUT2D eigenvalue weighted by Gasteiger charge is 2.13. The molecular weight excluding hydrogens is 392 g/mol. The molecule has 0 atom stereocenters. The minimum atomic E-state index is 0.723. The zero-order valence-corrected chi connectivity index (χ0v) is 17.8. The van der Waals surface area contributed by atoms with Gasteiger partial charge in [0.25, 0.3) is 0 Å². The Hall–Kier alpha value is -3.51. The van der Waals surface area contributed by atoms with Crippen molar-refractivity contribution >= 4 is 17.6 Å². The molecule has 4 rings (SSSR count). The summed E-state index contributed by atoms with van der Waals surface area (Å²) in [5.74, 6) is 3.01. The minimum absolute atomic E-state index is 0.723. The lowest BCUT2D eigenvalue weighted by molar-refractivity contribution is 0.122. The molecule has 3 aromatic carbocycles. The lowest BCUT2D eigenvalue weighted by Crippen LogP contribution is -2.36. The van der Waals surface area contributed by atoms with Crippen molar-refractivity contribution in [3.05, 3.63) is 72.3 Å². The Labute approximate surface area is 182 Å². The van der Waals surface area contributed by atoms with Crippen molar-refractivity contribution in [3.63, 3.8) is 0 Å². The predicted molar refractivity (Wildman–Crippen MR) is 123 cm³/mol. The third kappa shape index (κ3) is 5.35. The number of methoxy groups -OCH3 is 2. The molecule has 3 aromatic rings. The van der Waals surface area contributed by atoms with Crippen LogP contribution in [0.25, 0.3) is 0 Å². The zero-order valence-electron chi connectivity index (χ0n) is 17.8. The smallest absolute Gasteiger partial charge is 0.131 e. The van der Waals surface area contributed by atoms with E-state index < -0.39 is 0 Å². The van der Waals surface area contributed by atoms with Gasteiger partial charge in [0.1, 0.15) is 23.0 Å². The Kier molecular flexibility index (Phi) is 6.69. The van der Waals surface area contributed by atoms with E-state index in [1.165, 1.54) is 0 Å². The largest absolute Gasteiger partial charge is 0.497 e. The van der Waals surface area contributed by atoms with Crippen LogP contribution in [0.15, 0.2) is 71.7 Å². The fourth-order valence-electron chi connectivity index (χ4n) is 3.37. The van der Waals surface area contributed by atoms with Crippen LogP contribution in [0.3, 0.4) is 0 Å². The van der Waals surface area contributed by atoms with Crippen molar-refractivity contribution < 1.29 is 18.9 Å². The molecule has 160 valence electrons. The van der Waals surface area contributed by atoms with Crippen molar-refractivity contribution in [1.82, 2.24) is 0 Å². The summed E-state index contributed by atoms with van der Waals surface area (Å²) in [4.78, 5) is 6.89. The van der Waals surface area contributed by atoms with Gasteiger partial charge in [-0.25, -0.2) is 0 Å². The van der Waals surface area contributed by atoms with Crippen molar-refractivity contribution in [2.24, 2.45) is 4.99 Å². The first-order chi connectivity index (χ1) is 15.2. The molecule has 0 bridgehead atoms. The van der Waals surface area contributed by atoms with E-state index in [2.05, 4.69) is 22.0 Å². The van der Waals surface area contributed by atoms with Crippen molar-refractivity contribution in [1.29, 1.82) is 0 Å². The summed E-state index contributed by atoms with van der Waals surface area (Å²) in [6.07, 6.45) is 1.82. The highest BCUT2D eigenvalue weighted by atomic mass is 16.5. The van der Waals surface area contributed by atoms with Crippen LogP contribution in [0.2, 0.25) is 0 Å². The van der Waals surface area contributed by atoms with Crippen LogP contribution < -0.4 is 19.1 Å². The summed E-state index contributed by atoms with van der Waals surface area (Å²) >= 11 is 0. The average Bonchev–Trinajstić information content (AvgIpc) is 2.84. The van der Waals surface area contributed by atoms with Crippen LogP contribution in [0, 0.1) is 0 Å². The monoisotopic (exact) mass is 418 g/mol. The molecule has 1 fully saturated rings. The first-order valence-electron chi connectivity index (χ1n) is 10.2. The zero-order chi connectivity index (χ0) is 21.5. The summed E-state index contributed by atoms with van der Waals surface area (Å²) < 4.78 is 22.1. The molecule has 6 heteroatoms. The second-order valence-electron chi connectivity index (χ2n) is 7.06. The molecule has 6 nitrogen and oxygen atoms in total. The lowest BCUT2D eigenvalue weighted by atomic mass is 10.1. The van der Waals surface area contributed by atoms with Crippen LogP contribution in [-0.2, 0) is 4.74 Å². The summed E-state index contributed by atoms with van der Waals surface area (Å²) in [5.41, 5.74) is 2.89. The number of morpholine rings is 1. The Morgan fingerprint density at radius 2 is 1.61 bits per heavy atom. The minimum Gasteiger partial charge on any atom is -0.497 e. The molecule has 1 aliphatic rings. The standard InChI is InChI=1S/C25H26N2O4/c1-28-23-4-3-5-24(17-23)31-22-10-7-20(8-11-22)26-18-19-6-9-21(16-25(19)29-2)27-12-14-30-15-13-27/h3-11,16-18H,12-15H2,1-2H3. The van der Waals surface area contributed by atoms with E-state index in [0.717, 1.165) is 66.2 Å². The normalized spacial score (nSPS) is 13.9. The first kappa shape index (κ1) is 20.8. The van der Waals surface area contributed by atoms with Gasteiger partial charge in [-0.15, -0.1) is 0 Å². The predicted octanol–water partition coefficient (Wildman–Crippen LogP) is 5.08. The average molecular weight is 418 g/mol. The van der Waals surface area contributed by atoms with Crippen LogP contribution in [0.4, 0.5) is 11.4 Å². The molecule has 0 radical (unpaired) electrons. The Morgan fingerprint density at radius 1 is 0.839 bits per heavy atom. The molecule has 0 aliphatic carbocycles. The Balaban J connectivity index is 1.44. The quantitative estimate of drug-likeness (QED) is 0.501. The first-order valence-corrected chi connectivity index (χ1v) is 10.2. The molecule has 31 heavy (non-hydrogen) atoms. The second kappa shape index (κ2) is 10.00. The lowest BCUT2D eigenvalue weighted by Gasteiger charge is -2.29. The summed E-state index contributed by atoms with van der Waals surface area (Å²) in [6, 6.07) is 21.3. The van der Waals surface area contributed by atoms with Gasteiger partial charge in [-0.1, -0.05) is 6.07 Å². The Bertz CT molecular complexity index is 1030. The van der Waals surface area contributed by atoms with Crippen molar-refractivity contribution in [3.8, 4) is 23.0 Å². The van der Waals surface area contributed by atoms with Crippen molar-refractivity contribution in [2.75, 3.05) is 45.4 Å². The highest BCUT2D eigenvalue weighted by molar-refractivity contribution is 5.86. The van der Waals surface area contributed by atoms with E-state index in [1.54, 1.807) is 14.2 Å². The number of nitrogens with zero attached hydrogens (tertiary/aromatic N) is 2. The number of benzene rings is 3. The molecule has 0 aromatic heterocycles. The van der Waals surface area contributed by atoms with Crippen LogP contribution in [0.1, 0.15) is 5.56 Å². The van der Waals surface area contributed by atoms with Gasteiger partial charge in [0.2, 0.25) is 0 Å². The van der Waals surface area contributed by atoms with Crippen molar-refractivity contribution in [2.45, 2.75) is 0 Å². The molecule has 1 aliphatic heterocycles. The fourth-order valence-corrected chi connectivity index (χ4v) is 3.37. The van der Waals surface area contributed by atoms with Crippen LogP contribution in [0.5, 0.6) is 23.0 Å². The number of hydrogen-bond acceptors (Lipinski definition) is 6. The van der Waals surface area contributed by atoms with E-state index in [9.17, 15) is 0 Å². The molecule has 0 unspecified atom stereocenters. The fraction of sp³-hybridized carbons (Fsp3) is 0.240.